The van der Waals surface area contributed by atoms with Gasteiger partial charge in [-0.2, -0.15) is 0 Å². The summed E-state index contributed by atoms with van der Waals surface area (Å²) >= 11 is 0. The molecule has 5 nitrogen and oxygen atoms in total. The minimum absolute atomic E-state index is 0.0722. The van der Waals surface area contributed by atoms with E-state index in [1.165, 1.54) is 0 Å². The van der Waals surface area contributed by atoms with E-state index >= 15 is 0 Å². The van der Waals surface area contributed by atoms with Gasteiger partial charge in [0.05, 0.1) is 17.6 Å². The zero-order valence-electron chi connectivity index (χ0n) is 8.48. The first-order valence-corrected chi connectivity index (χ1v) is 4.24. The highest BCUT2D eigenvalue weighted by atomic mass is 16.4. The van der Waals surface area contributed by atoms with E-state index in [1.807, 2.05) is 13.8 Å². The first-order valence-electron chi connectivity index (χ1n) is 4.24. The lowest BCUT2D eigenvalue weighted by Crippen LogP contribution is -2.26. The van der Waals surface area contributed by atoms with Gasteiger partial charge in [0.15, 0.2) is 0 Å². The van der Waals surface area contributed by atoms with Gasteiger partial charge in [0, 0.05) is 7.05 Å². The number of aromatic nitrogens is 2. The predicted octanol–water partition coefficient (Wildman–Crippen LogP) is 0.614. The molecule has 0 aliphatic rings. The highest BCUT2D eigenvalue weighted by Gasteiger charge is 2.07. The van der Waals surface area contributed by atoms with Gasteiger partial charge >= 0.3 is 5.97 Å². The van der Waals surface area contributed by atoms with Crippen LogP contribution in [0.25, 0.3) is 0 Å². The number of hydrogen-bond acceptors (Lipinski definition) is 4. The molecule has 0 fully saturated rings. The maximum absolute atomic E-state index is 10.4. The summed E-state index contributed by atoms with van der Waals surface area (Å²) in [5.41, 5.74) is 1.68. The van der Waals surface area contributed by atoms with E-state index < -0.39 is 5.97 Å². The summed E-state index contributed by atoms with van der Waals surface area (Å²) in [5, 5.41) is 8.58. The lowest BCUT2D eigenvalue weighted by molar-refractivity contribution is -0.135. The standard InChI is InChI=1S/C9H13N3O2/c1-6-7(2)11-8(4-10-6)12(3)5-9(13)14/h4H,5H2,1-3H3,(H,13,14). The van der Waals surface area contributed by atoms with Crippen LogP contribution in [0.15, 0.2) is 6.20 Å². The van der Waals surface area contributed by atoms with Crippen molar-refractivity contribution in [3.05, 3.63) is 17.6 Å². The molecule has 0 radical (unpaired) electrons. The number of aryl methyl sites for hydroxylation is 2. The largest absolute Gasteiger partial charge is 0.480 e. The lowest BCUT2D eigenvalue weighted by atomic mass is 10.3. The molecule has 0 aliphatic heterocycles. The normalized spacial score (nSPS) is 9.93. The minimum atomic E-state index is -0.882. The first-order chi connectivity index (χ1) is 6.50. The third-order valence-electron chi connectivity index (χ3n) is 1.94. The fraction of sp³-hybridized carbons (Fsp3) is 0.444. The van der Waals surface area contributed by atoms with Gasteiger partial charge in [-0.1, -0.05) is 0 Å². The number of aliphatic carboxylic acids is 1. The predicted molar refractivity (Wildman–Crippen MR) is 52.4 cm³/mol. The second-order valence-corrected chi connectivity index (χ2v) is 3.15. The van der Waals surface area contributed by atoms with Gasteiger partial charge < -0.3 is 10.0 Å². The molecule has 0 unspecified atom stereocenters. The van der Waals surface area contributed by atoms with E-state index in [2.05, 4.69) is 9.97 Å². The van der Waals surface area contributed by atoms with Gasteiger partial charge in [0.1, 0.15) is 12.4 Å². The van der Waals surface area contributed by atoms with Gasteiger partial charge in [0.25, 0.3) is 0 Å². The van der Waals surface area contributed by atoms with Crippen LogP contribution in [-0.4, -0.2) is 34.6 Å². The van der Waals surface area contributed by atoms with Crippen molar-refractivity contribution in [3.8, 4) is 0 Å². The number of hydrogen-bond donors (Lipinski definition) is 1. The van der Waals surface area contributed by atoms with Crippen molar-refractivity contribution in [2.24, 2.45) is 0 Å². The van der Waals surface area contributed by atoms with Crippen LogP contribution in [0.5, 0.6) is 0 Å². The van der Waals surface area contributed by atoms with Crippen molar-refractivity contribution in [2.45, 2.75) is 13.8 Å². The molecule has 0 spiro atoms. The van der Waals surface area contributed by atoms with E-state index in [0.717, 1.165) is 11.4 Å². The number of likely N-dealkylation sites (N-methyl/N-ethyl adjacent to an activating group) is 1. The molecule has 1 N–H and O–H groups in total. The summed E-state index contributed by atoms with van der Waals surface area (Å²) in [7, 11) is 1.67. The van der Waals surface area contributed by atoms with Crippen LogP contribution in [0.4, 0.5) is 5.82 Å². The maximum Gasteiger partial charge on any atom is 0.323 e. The Kier molecular flexibility index (Phi) is 3.01. The Morgan fingerprint density at radius 3 is 2.64 bits per heavy atom. The molecule has 0 bridgehead atoms. The molecule has 0 atom stereocenters. The van der Waals surface area contributed by atoms with Crippen LogP contribution >= 0.6 is 0 Å². The third-order valence-corrected chi connectivity index (χ3v) is 1.94. The molecule has 14 heavy (non-hydrogen) atoms. The summed E-state index contributed by atoms with van der Waals surface area (Å²) < 4.78 is 0. The number of rotatable bonds is 3. The average molecular weight is 195 g/mol. The number of nitrogens with zero attached hydrogens (tertiary/aromatic N) is 3. The van der Waals surface area contributed by atoms with Gasteiger partial charge in [-0.25, -0.2) is 4.98 Å². The van der Waals surface area contributed by atoms with Crippen LogP contribution in [0, 0.1) is 13.8 Å². The Morgan fingerprint density at radius 1 is 1.50 bits per heavy atom. The fourth-order valence-corrected chi connectivity index (χ4v) is 0.997. The number of carboxylic acid groups (broad SMARTS) is 1. The molecule has 1 aromatic rings. The zero-order chi connectivity index (χ0) is 10.7. The Morgan fingerprint density at radius 2 is 2.14 bits per heavy atom. The van der Waals surface area contributed by atoms with Crippen LogP contribution in [-0.2, 0) is 4.79 Å². The summed E-state index contributed by atoms with van der Waals surface area (Å²) in [5.74, 6) is -0.303. The number of carbonyl (C=O) groups is 1. The number of carboxylic acids is 1. The third kappa shape index (κ3) is 2.42. The summed E-state index contributed by atoms with van der Waals surface area (Å²) in [6.07, 6.45) is 1.57. The van der Waals surface area contributed by atoms with Gasteiger partial charge in [-0.05, 0) is 13.8 Å². The molecule has 0 aromatic carbocycles. The van der Waals surface area contributed by atoms with Gasteiger partial charge in [-0.3, -0.25) is 9.78 Å². The summed E-state index contributed by atoms with van der Waals surface area (Å²) in [6, 6.07) is 0. The second kappa shape index (κ2) is 4.04. The Hall–Kier alpha value is -1.65. The van der Waals surface area contributed by atoms with Crippen LogP contribution < -0.4 is 4.90 Å². The molecule has 0 aliphatic carbocycles. The fourth-order valence-electron chi connectivity index (χ4n) is 0.997. The van der Waals surface area contributed by atoms with Crippen molar-refractivity contribution in [1.82, 2.24) is 9.97 Å². The molecule has 0 saturated heterocycles. The van der Waals surface area contributed by atoms with E-state index in [4.69, 9.17) is 5.11 Å². The molecule has 1 heterocycles. The average Bonchev–Trinajstić information content (AvgIpc) is 2.08. The SMILES string of the molecule is Cc1ncc(N(C)CC(=O)O)nc1C. The molecule has 5 heteroatoms. The highest BCUT2D eigenvalue weighted by Crippen LogP contribution is 2.09. The highest BCUT2D eigenvalue weighted by molar-refractivity contribution is 5.72. The topological polar surface area (TPSA) is 66.3 Å². The van der Waals surface area contributed by atoms with Crippen LogP contribution in [0.2, 0.25) is 0 Å². The van der Waals surface area contributed by atoms with Crippen molar-refractivity contribution in [3.63, 3.8) is 0 Å². The Balaban J connectivity index is 2.85. The Labute approximate surface area is 82.4 Å². The smallest absolute Gasteiger partial charge is 0.323 e. The molecular weight excluding hydrogens is 182 g/mol. The maximum atomic E-state index is 10.4. The van der Waals surface area contributed by atoms with Crippen molar-refractivity contribution >= 4 is 11.8 Å². The second-order valence-electron chi connectivity index (χ2n) is 3.15. The first kappa shape index (κ1) is 10.4. The van der Waals surface area contributed by atoms with E-state index in [1.54, 1.807) is 18.1 Å². The summed E-state index contributed by atoms with van der Waals surface area (Å²) in [4.78, 5) is 20.3. The van der Waals surface area contributed by atoms with Gasteiger partial charge in [-0.15, -0.1) is 0 Å². The van der Waals surface area contributed by atoms with Crippen LogP contribution in [0.1, 0.15) is 11.4 Å². The van der Waals surface area contributed by atoms with Crippen LogP contribution in [0.3, 0.4) is 0 Å². The zero-order valence-corrected chi connectivity index (χ0v) is 8.48. The van der Waals surface area contributed by atoms with Crippen molar-refractivity contribution in [1.29, 1.82) is 0 Å². The monoisotopic (exact) mass is 195 g/mol. The molecule has 0 saturated carbocycles. The lowest BCUT2D eigenvalue weighted by Gasteiger charge is -2.15. The molecular formula is C9H13N3O2. The Bertz CT molecular complexity index is 352. The quantitative estimate of drug-likeness (QED) is 0.765. The molecule has 1 rings (SSSR count). The van der Waals surface area contributed by atoms with E-state index in [9.17, 15) is 4.79 Å². The van der Waals surface area contributed by atoms with Crippen molar-refractivity contribution in [2.75, 3.05) is 18.5 Å². The molecule has 0 amide bonds. The minimum Gasteiger partial charge on any atom is -0.480 e. The molecule has 1 aromatic heterocycles. The van der Waals surface area contributed by atoms with Crippen molar-refractivity contribution < 1.29 is 9.90 Å². The summed E-state index contributed by atoms with van der Waals surface area (Å²) in [6.45, 7) is 3.64. The van der Waals surface area contributed by atoms with E-state index in [0.29, 0.717) is 5.82 Å². The van der Waals surface area contributed by atoms with E-state index in [-0.39, 0.29) is 6.54 Å². The van der Waals surface area contributed by atoms with Gasteiger partial charge in [0.2, 0.25) is 0 Å². The number of anilines is 1. The molecule has 76 valence electrons.